The molecule has 2 nitrogen and oxygen atoms in total. The monoisotopic (exact) mass is 298 g/mol. The number of amidine groups is 1. The number of nitrogens with one attached hydrogen (secondary N) is 1. The van der Waals surface area contributed by atoms with E-state index in [-0.39, 0.29) is 0 Å². The minimum Gasteiger partial charge on any atom is -0.335 e. The highest BCUT2D eigenvalue weighted by molar-refractivity contribution is 9.10. The summed E-state index contributed by atoms with van der Waals surface area (Å²) in [4.78, 5) is 4.63. The van der Waals surface area contributed by atoms with Crippen molar-refractivity contribution >= 4 is 38.5 Å². The van der Waals surface area contributed by atoms with Gasteiger partial charge in [-0.15, -0.1) is 0 Å². The molecule has 1 aromatic rings. The van der Waals surface area contributed by atoms with Crippen molar-refractivity contribution in [2.45, 2.75) is 26.3 Å². The number of anilines is 1. The fourth-order valence-electron chi connectivity index (χ4n) is 1.55. The molecule has 0 fully saturated rings. The zero-order chi connectivity index (χ0) is 11.5. The van der Waals surface area contributed by atoms with E-state index in [1.54, 1.807) is 0 Å². The molecule has 0 spiro atoms. The zero-order valence-corrected chi connectivity index (χ0v) is 11.9. The molecule has 16 heavy (non-hydrogen) atoms. The van der Waals surface area contributed by atoms with E-state index in [1.165, 1.54) is 5.56 Å². The maximum Gasteiger partial charge on any atom is 0.161 e. The van der Waals surface area contributed by atoms with Crippen molar-refractivity contribution in [3.8, 4) is 0 Å². The van der Waals surface area contributed by atoms with Gasteiger partial charge in [0, 0.05) is 15.9 Å². The van der Waals surface area contributed by atoms with Gasteiger partial charge in [0.2, 0.25) is 0 Å². The molecule has 1 N–H and O–H groups in total. The van der Waals surface area contributed by atoms with Crippen LogP contribution in [-0.4, -0.2) is 17.0 Å². The molecule has 1 atom stereocenters. The maximum atomic E-state index is 4.63. The molecule has 1 heterocycles. The summed E-state index contributed by atoms with van der Waals surface area (Å²) < 4.78 is 1.13. The highest BCUT2D eigenvalue weighted by Gasteiger charge is 2.16. The molecule has 1 aliphatic rings. The van der Waals surface area contributed by atoms with E-state index in [2.05, 4.69) is 52.2 Å². The lowest BCUT2D eigenvalue weighted by Gasteiger charge is -2.09. The van der Waals surface area contributed by atoms with Gasteiger partial charge in [0.1, 0.15) is 0 Å². The van der Waals surface area contributed by atoms with Crippen molar-refractivity contribution < 1.29 is 0 Å². The second-order valence-corrected chi connectivity index (χ2v) is 5.71. The minimum absolute atomic E-state index is 0.486. The fourth-order valence-corrected chi connectivity index (χ4v) is 2.98. The van der Waals surface area contributed by atoms with E-state index in [9.17, 15) is 0 Å². The van der Waals surface area contributed by atoms with Crippen LogP contribution in [0.25, 0.3) is 0 Å². The average Bonchev–Trinajstić information content (AvgIpc) is 2.73. The Bertz CT molecular complexity index is 417. The maximum absolute atomic E-state index is 4.63. The van der Waals surface area contributed by atoms with E-state index in [0.717, 1.165) is 27.5 Å². The summed E-state index contributed by atoms with van der Waals surface area (Å²) in [5.74, 6) is 1.10. The van der Waals surface area contributed by atoms with Crippen LogP contribution in [0.4, 0.5) is 5.69 Å². The quantitative estimate of drug-likeness (QED) is 0.891. The number of halogens is 1. The van der Waals surface area contributed by atoms with Gasteiger partial charge < -0.3 is 5.32 Å². The Balaban J connectivity index is 2.13. The first-order valence-electron chi connectivity index (χ1n) is 5.43. The molecule has 2 rings (SSSR count). The van der Waals surface area contributed by atoms with Crippen LogP contribution < -0.4 is 5.32 Å². The second-order valence-electron chi connectivity index (χ2n) is 3.84. The summed E-state index contributed by atoms with van der Waals surface area (Å²) in [6, 6.07) is 6.66. The van der Waals surface area contributed by atoms with Crippen LogP contribution in [0.15, 0.2) is 27.7 Å². The van der Waals surface area contributed by atoms with Crippen molar-refractivity contribution in [2.75, 3.05) is 11.1 Å². The van der Waals surface area contributed by atoms with Crippen molar-refractivity contribution in [3.63, 3.8) is 0 Å². The molecule has 0 saturated heterocycles. The first-order valence-corrected chi connectivity index (χ1v) is 7.21. The summed E-state index contributed by atoms with van der Waals surface area (Å²) in [6.07, 6.45) is 1.12. The Morgan fingerprint density at radius 1 is 1.56 bits per heavy atom. The van der Waals surface area contributed by atoms with Gasteiger partial charge >= 0.3 is 0 Å². The third-order valence-corrected chi connectivity index (χ3v) is 4.58. The molecule has 0 amide bonds. The van der Waals surface area contributed by atoms with Crippen LogP contribution in [-0.2, 0) is 0 Å². The fraction of sp³-hybridized carbons (Fsp3) is 0.417. The third kappa shape index (κ3) is 2.61. The lowest BCUT2D eigenvalue weighted by atomic mass is 10.2. The van der Waals surface area contributed by atoms with E-state index in [1.807, 2.05) is 17.8 Å². The molecule has 0 saturated carbocycles. The molecular formula is C12H15BrN2S. The molecule has 1 unspecified atom stereocenters. The van der Waals surface area contributed by atoms with Crippen LogP contribution in [0.5, 0.6) is 0 Å². The van der Waals surface area contributed by atoms with Crippen LogP contribution in [0.2, 0.25) is 0 Å². The molecule has 0 aromatic heterocycles. The lowest BCUT2D eigenvalue weighted by Crippen LogP contribution is -2.06. The Morgan fingerprint density at radius 3 is 3.06 bits per heavy atom. The summed E-state index contributed by atoms with van der Waals surface area (Å²) in [6.45, 7) is 4.28. The van der Waals surface area contributed by atoms with Crippen molar-refractivity contribution in [1.82, 2.24) is 0 Å². The van der Waals surface area contributed by atoms with Crippen LogP contribution in [0.1, 0.15) is 18.9 Å². The van der Waals surface area contributed by atoms with E-state index in [0.29, 0.717) is 6.04 Å². The molecule has 0 radical (unpaired) electrons. The minimum atomic E-state index is 0.486. The Labute approximate surface area is 109 Å². The highest BCUT2D eigenvalue weighted by atomic mass is 79.9. The lowest BCUT2D eigenvalue weighted by molar-refractivity contribution is 0.738. The topological polar surface area (TPSA) is 24.4 Å². The van der Waals surface area contributed by atoms with Crippen LogP contribution in [0.3, 0.4) is 0 Å². The van der Waals surface area contributed by atoms with Crippen molar-refractivity contribution in [1.29, 1.82) is 0 Å². The summed E-state index contributed by atoms with van der Waals surface area (Å²) in [5.41, 5.74) is 2.36. The number of benzene rings is 1. The molecular weight excluding hydrogens is 284 g/mol. The van der Waals surface area contributed by atoms with Gasteiger partial charge in [-0.05, 0) is 31.0 Å². The van der Waals surface area contributed by atoms with Gasteiger partial charge in [0.05, 0.1) is 6.04 Å². The van der Waals surface area contributed by atoms with Gasteiger partial charge in [-0.1, -0.05) is 40.7 Å². The number of rotatable bonds is 2. The number of aliphatic imine (C=N–C) groups is 1. The first kappa shape index (κ1) is 12.0. The van der Waals surface area contributed by atoms with Crippen LogP contribution >= 0.6 is 27.7 Å². The van der Waals surface area contributed by atoms with Gasteiger partial charge in [-0.2, -0.15) is 0 Å². The van der Waals surface area contributed by atoms with E-state index < -0.39 is 0 Å². The first-order chi connectivity index (χ1) is 7.70. The number of hydrogen-bond donors (Lipinski definition) is 1. The Morgan fingerprint density at radius 2 is 2.38 bits per heavy atom. The highest BCUT2D eigenvalue weighted by Crippen LogP contribution is 2.27. The van der Waals surface area contributed by atoms with Gasteiger partial charge in [0.25, 0.3) is 0 Å². The van der Waals surface area contributed by atoms with Gasteiger partial charge in [-0.3, -0.25) is 4.99 Å². The molecule has 0 bridgehead atoms. The predicted molar refractivity (Wildman–Crippen MR) is 76.5 cm³/mol. The average molecular weight is 299 g/mol. The number of nitrogens with zero attached hydrogens (tertiary/aromatic N) is 1. The Kier molecular flexibility index (Phi) is 3.92. The SMILES string of the molecule is CCC1CSC(Nc2cccc(Br)c2C)=N1. The summed E-state index contributed by atoms with van der Waals surface area (Å²) in [7, 11) is 0. The standard InChI is InChI=1S/C12H15BrN2S/c1-3-9-7-16-12(14-9)15-11-6-4-5-10(13)8(11)2/h4-6,9H,3,7H2,1-2H3,(H,14,15). The zero-order valence-electron chi connectivity index (χ0n) is 9.46. The van der Waals surface area contributed by atoms with Crippen molar-refractivity contribution in [3.05, 3.63) is 28.2 Å². The predicted octanol–water partition coefficient (Wildman–Crippen LogP) is 4.05. The van der Waals surface area contributed by atoms with E-state index >= 15 is 0 Å². The van der Waals surface area contributed by atoms with Gasteiger partial charge in [-0.25, -0.2) is 0 Å². The van der Waals surface area contributed by atoms with Crippen molar-refractivity contribution in [2.24, 2.45) is 4.99 Å². The largest absolute Gasteiger partial charge is 0.335 e. The van der Waals surface area contributed by atoms with E-state index in [4.69, 9.17) is 0 Å². The molecule has 1 aliphatic heterocycles. The second kappa shape index (κ2) is 5.23. The summed E-state index contributed by atoms with van der Waals surface area (Å²) >= 11 is 5.34. The normalized spacial score (nSPS) is 19.7. The molecule has 86 valence electrons. The number of thioether (sulfide) groups is 1. The summed E-state index contributed by atoms with van der Waals surface area (Å²) in [5, 5.41) is 4.45. The molecule has 4 heteroatoms. The van der Waals surface area contributed by atoms with Gasteiger partial charge in [0.15, 0.2) is 5.17 Å². The number of hydrogen-bond acceptors (Lipinski definition) is 3. The van der Waals surface area contributed by atoms with Crippen LogP contribution in [0, 0.1) is 6.92 Å². The molecule has 1 aromatic carbocycles. The third-order valence-electron chi connectivity index (χ3n) is 2.69. The molecule has 0 aliphatic carbocycles. The smallest absolute Gasteiger partial charge is 0.161 e. The Hall–Kier alpha value is -0.480.